The maximum atomic E-state index is 13.0. The first-order chi connectivity index (χ1) is 7.99. The number of aromatic carboxylic acids is 1. The summed E-state index contributed by atoms with van der Waals surface area (Å²) >= 11 is 0. The van der Waals surface area contributed by atoms with E-state index in [9.17, 15) is 14.0 Å². The third-order valence-electron chi connectivity index (χ3n) is 2.38. The van der Waals surface area contributed by atoms with Gasteiger partial charge in [-0.05, 0) is 24.3 Å². The lowest BCUT2D eigenvalue weighted by Crippen LogP contribution is -2.14. The molecule has 1 aromatic heterocycles. The minimum atomic E-state index is -1.25. The Kier molecular flexibility index (Phi) is 2.55. The molecule has 88 valence electrons. The molecule has 5 nitrogen and oxygen atoms in total. The number of hydrogen-bond acceptors (Lipinski definition) is 2. The van der Waals surface area contributed by atoms with E-state index in [2.05, 4.69) is 0 Å². The Bertz CT molecular complexity index is 617. The van der Waals surface area contributed by atoms with Gasteiger partial charge in [0.1, 0.15) is 18.1 Å². The number of benzene rings is 1. The van der Waals surface area contributed by atoms with Crippen LogP contribution in [0.15, 0.2) is 24.3 Å². The quantitative estimate of drug-likeness (QED) is 0.849. The Morgan fingerprint density at radius 1 is 1.24 bits per heavy atom. The van der Waals surface area contributed by atoms with Crippen LogP contribution in [0.1, 0.15) is 10.5 Å². The van der Waals surface area contributed by atoms with Gasteiger partial charge in [0.15, 0.2) is 0 Å². The van der Waals surface area contributed by atoms with E-state index in [0.717, 1.165) is 10.6 Å². The van der Waals surface area contributed by atoms with Crippen LogP contribution in [-0.4, -0.2) is 26.7 Å². The first-order valence-electron chi connectivity index (χ1n) is 4.73. The van der Waals surface area contributed by atoms with Gasteiger partial charge in [0, 0.05) is 10.9 Å². The number of nitrogens with zero attached hydrogens (tertiary/aromatic N) is 1. The van der Waals surface area contributed by atoms with Crippen molar-refractivity contribution in [2.24, 2.45) is 0 Å². The molecule has 0 bridgehead atoms. The first kappa shape index (κ1) is 11.1. The second-order valence-electron chi connectivity index (χ2n) is 3.52. The number of carboxylic acid groups (broad SMARTS) is 2. The Balaban J connectivity index is 2.71. The lowest BCUT2D eigenvalue weighted by atomic mass is 10.2. The van der Waals surface area contributed by atoms with Crippen molar-refractivity contribution in [3.05, 3.63) is 35.8 Å². The molecule has 0 saturated carbocycles. The second-order valence-corrected chi connectivity index (χ2v) is 3.52. The summed E-state index contributed by atoms with van der Waals surface area (Å²) in [4.78, 5) is 21.6. The van der Waals surface area contributed by atoms with E-state index >= 15 is 0 Å². The van der Waals surface area contributed by atoms with Gasteiger partial charge in [-0.3, -0.25) is 4.79 Å². The SMILES string of the molecule is O=C(O)Cn1c(C(=O)O)cc2cc(F)ccc21. The monoisotopic (exact) mass is 237 g/mol. The number of carboxylic acids is 2. The van der Waals surface area contributed by atoms with Crippen LogP contribution in [0, 0.1) is 5.82 Å². The fourth-order valence-corrected chi connectivity index (χ4v) is 1.72. The van der Waals surface area contributed by atoms with Gasteiger partial charge in [0.2, 0.25) is 0 Å². The standard InChI is InChI=1S/C11H8FNO4/c12-7-1-2-8-6(3-7)4-9(11(16)17)13(8)5-10(14)15/h1-4H,5H2,(H,14,15)(H,16,17). The van der Waals surface area contributed by atoms with Crippen LogP contribution in [-0.2, 0) is 11.3 Å². The molecule has 2 aromatic rings. The van der Waals surface area contributed by atoms with E-state index < -0.39 is 24.3 Å². The third kappa shape index (κ3) is 1.96. The van der Waals surface area contributed by atoms with E-state index in [-0.39, 0.29) is 5.69 Å². The molecule has 0 fully saturated rings. The van der Waals surface area contributed by atoms with Crippen molar-refractivity contribution in [2.75, 3.05) is 0 Å². The average molecular weight is 237 g/mol. The summed E-state index contributed by atoms with van der Waals surface area (Å²) in [5, 5.41) is 18.0. The summed E-state index contributed by atoms with van der Waals surface area (Å²) in [6.45, 7) is -0.475. The zero-order valence-electron chi connectivity index (χ0n) is 8.55. The fourth-order valence-electron chi connectivity index (χ4n) is 1.72. The smallest absolute Gasteiger partial charge is 0.352 e. The van der Waals surface area contributed by atoms with Gasteiger partial charge in [-0.25, -0.2) is 9.18 Å². The number of aliphatic carboxylic acids is 1. The van der Waals surface area contributed by atoms with Crippen molar-refractivity contribution in [2.45, 2.75) is 6.54 Å². The molecule has 1 aromatic carbocycles. The maximum absolute atomic E-state index is 13.0. The number of fused-ring (bicyclic) bond motifs is 1. The molecule has 0 aliphatic heterocycles. The van der Waals surface area contributed by atoms with Gasteiger partial charge in [0.05, 0.1) is 0 Å². The van der Waals surface area contributed by atoms with Crippen LogP contribution in [0.2, 0.25) is 0 Å². The molecular formula is C11H8FNO4. The normalized spacial score (nSPS) is 10.6. The second kappa shape index (κ2) is 3.89. The summed E-state index contributed by atoms with van der Waals surface area (Å²) in [5.41, 5.74) is 0.208. The number of carbonyl (C=O) groups is 2. The first-order valence-corrected chi connectivity index (χ1v) is 4.73. The van der Waals surface area contributed by atoms with E-state index in [0.29, 0.717) is 10.9 Å². The average Bonchev–Trinajstić information content (AvgIpc) is 2.55. The highest BCUT2D eigenvalue weighted by molar-refractivity contribution is 5.95. The summed E-state index contributed by atoms with van der Waals surface area (Å²) in [7, 11) is 0. The third-order valence-corrected chi connectivity index (χ3v) is 2.38. The number of halogens is 1. The molecule has 0 saturated heterocycles. The van der Waals surface area contributed by atoms with Crippen molar-refractivity contribution in [3.8, 4) is 0 Å². The summed E-state index contributed by atoms with van der Waals surface area (Å²) in [6, 6.07) is 4.94. The summed E-state index contributed by atoms with van der Waals surface area (Å²) in [5.74, 6) is -2.90. The van der Waals surface area contributed by atoms with E-state index in [1.54, 1.807) is 0 Å². The van der Waals surface area contributed by atoms with Crippen LogP contribution in [0.5, 0.6) is 0 Å². The van der Waals surface area contributed by atoms with E-state index in [1.165, 1.54) is 18.2 Å². The molecule has 0 aliphatic carbocycles. The van der Waals surface area contributed by atoms with Gasteiger partial charge in [-0.15, -0.1) is 0 Å². The molecule has 0 aliphatic rings. The van der Waals surface area contributed by atoms with Crippen molar-refractivity contribution in [1.82, 2.24) is 4.57 Å². The Hall–Kier alpha value is -2.37. The Labute approximate surface area is 94.7 Å². The highest BCUT2D eigenvalue weighted by atomic mass is 19.1. The van der Waals surface area contributed by atoms with Crippen molar-refractivity contribution in [3.63, 3.8) is 0 Å². The summed E-state index contributed by atoms with van der Waals surface area (Å²) < 4.78 is 14.1. The predicted molar refractivity (Wildman–Crippen MR) is 56.5 cm³/mol. The van der Waals surface area contributed by atoms with Crippen LogP contribution in [0.3, 0.4) is 0 Å². The van der Waals surface area contributed by atoms with Gasteiger partial charge in [-0.1, -0.05) is 0 Å². The molecule has 0 unspecified atom stereocenters. The molecule has 0 atom stereocenters. The fraction of sp³-hybridized carbons (Fsp3) is 0.0909. The Morgan fingerprint density at radius 3 is 2.53 bits per heavy atom. The van der Waals surface area contributed by atoms with Crippen molar-refractivity contribution >= 4 is 22.8 Å². The van der Waals surface area contributed by atoms with Crippen LogP contribution in [0.25, 0.3) is 10.9 Å². The highest BCUT2D eigenvalue weighted by Gasteiger charge is 2.16. The molecule has 17 heavy (non-hydrogen) atoms. The zero-order valence-corrected chi connectivity index (χ0v) is 8.55. The molecule has 0 spiro atoms. The van der Waals surface area contributed by atoms with Gasteiger partial charge in [-0.2, -0.15) is 0 Å². The largest absolute Gasteiger partial charge is 0.480 e. The predicted octanol–water partition coefficient (Wildman–Crippen LogP) is 1.56. The van der Waals surface area contributed by atoms with Crippen molar-refractivity contribution < 1.29 is 24.2 Å². The van der Waals surface area contributed by atoms with Gasteiger partial charge < -0.3 is 14.8 Å². The number of rotatable bonds is 3. The molecule has 6 heteroatoms. The highest BCUT2D eigenvalue weighted by Crippen LogP contribution is 2.21. The lowest BCUT2D eigenvalue weighted by molar-refractivity contribution is -0.137. The minimum Gasteiger partial charge on any atom is -0.480 e. The maximum Gasteiger partial charge on any atom is 0.352 e. The molecule has 1 heterocycles. The van der Waals surface area contributed by atoms with Crippen molar-refractivity contribution in [1.29, 1.82) is 0 Å². The van der Waals surface area contributed by atoms with Crippen LogP contribution in [0.4, 0.5) is 4.39 Å². The lowest BCUT2D eigenvalue weighted by Gasteiger charge is -2.04. The number of hydrogen-bond donors (Lipinski definition) is 2. The zero-order chi connectivity index (χ0) is 12.6. The van der Waals surface area contributed by atoms with Gasteiger partial charge in [0.25, 0.3) is 0 Å². The number of aromatic nitrogens is 1. The molecule has 0 amide bonds. The molecule has 0 radical (unpaired) electrons. The molecular weight excluding hydrogens is 229 g/mol. The molecule has 2 rings (SSSR count). The topological polar surface area (TPSA) is 79.5 Å². The Morgan fingerprint density at radius 2 is 1.94 bits per heavy atom. The van der Waals surface area contributed by atoms with Crippen LogP contribution < -0.4 is 0 Å². The van der Waals surface area contributed by atoms with Gasteiger partial charge >= 0.3 is 11.9 Å². The summed E-state index contributed by atoms with van der Waals surface area (Å²) in [6.07, 6.45) is 0. The van der Waals surface area contributed by atoms with E-state index in [1.807, 2.05) is 0 Å². The molecule has 2 N–H and O–H groups in total. The minimum absolute atomic E-state index is 0.173. The van der Waals surface area contributed by atoms with Crippen LogP contribution >= 0.6 is 0 Å². The van der Waals surface area contributed by atoms with E-state index in [4.69, 9.17) is 10.2 Å².